The zero-order chi connectivity index (χ0) is 17.0. The molecular weight excluding hydrogens is 380 g/mol. The third-order valence-electron chi connectivity index (χ3n) is 3.58. The highest BCUT2D eigenvalue weighted by Crippen LogP contribution is 2.20. The summed E-state index contributed by atoms with van der Waals surface area (Å²) < 4.78 is 0.665. The van der Waals surface area contributed by atoms with Crippen molar-refractivity contribution >= 4 is 39.0 Å². The zero-order valence-corrected chi connectivity index (χ0v) is 15.0. The van der Waals surface area contributed by atoms with Gasteiger partial charge >= 0.3 is 0 Å². The number of nitrogens with zero attached hydrogens (tertiary/aromatic N) is 1. The Morgan fingerprint density at radius 2 is 1.87 bits per heavy atom. The van der Waals surface area contributed by atoms with Crippen LogP contribution < -0.4 is 10.6 Å². The van der Waals surface area contributed by atoms with E-state index in [9.17, 15) is 9.90 Å². The number of aliphatic hydroxyl groups is 1. The molecule has 2 atom stereocenters. The van der Waals surface area contributed by atoms with Crippen LogP contribution >= 0.6 is 27.5 Å². The van der Waals surface area contributed by atoms with Crippen LogP contribution in [0.4, 0.5) is 5.69 Å². The van der Waals surface area contributed by atoms with Crippen LogP contribution in [0.25, 0.3) is 0 Å². The molecule has 2 aromatic carbocycles. The Morgan fingerprint density at radius 1 is 1.26 bits per heavy atom. The first-order valence-electron chi connectivity index (χ1n) is 7.09. The molecule has 2 unspecified atom stereocenters. The van der Waals surface area contributed by atoms with Gasteiger partial charge in [-0.15, -0.1) is 0 Å². The highest BCUT2D eigenvalue weighted by Gasteiger charge is 2.26. The molecule has 0 spiro atoms. The molecule has 0 heterocycles. The summed E-state index contributed by atoms with van der Waals surface area (Å²) in [6.07, 6.45) is -0.990. The molecular formula is C17H18BrClN2O2. The van der Waals surface area contributed by atoms with E-state index in [-0.39, 0.29) is 12.3 Å². The summed E-state index contributed by atoms with van der Waals surface area (Å²) in [5.74, 6) is -0.297. The molecule has 0 aliphatic heterocycles. The molecule has 0 aliphatic carbocycles. The van der Waals surface area contributed by atoms with Gasteiger partial charge in [0.05, 0.1) is 12.1 Å². The van der Waals surface area contributed by atoms with Crippen molar-refractivity contribution in [3.8, 4) is 0 Å². The second-order valence-corrected chi connectivity index (χ2v) is 6.58. The Morgan fingerprint density at radius 3 is 2.48 bits per heavy atom. The molecule has 122 valence electrons. The number of hydrogen-bond acceptors (Lipinski definition) is 4. The number of anilines is 1. The van der Waals surface area contributed by atoms with Gasteiger partial charge in [-0.05, 0) is 30.3 Å². The van der Waals surface area contributed by atoms with Gasteiger partial charge < -0.3 is 15.7 Å². The highest BCUT2D eigenvalue weighted by atomic mass is 79.9. The van der Waals surface area contributed by atoms with E-state index in [1.807, 2.05) is 30.1 Å². The number of ketones is 1. The lowest BCUT2D eigenvalue weighted by atomic mass is 10.00. The molecule has 23 heavy (non-hydrogen) atoms. The fourth-order valence-corrected chi connectivity index (χ4v) is 2.82. The molecule has 2 aromatic rings. The second kappa shape index (κ2) is 7.93. The van der Waals surface area contributed by atoms with E-state index in [2.05, 4.69) is 15.9 Å². The van der Waals surface area contributed by atoms with Crippen LogP contribution in [0.5, 0.6) is 0 Å². The minimum absolute atomic E-state index is 0.235. The molecule has 3 N–H and O–H groups in total. The molecule has 4 nitrogen and oxygen atoms in total. The molecule has 2 rings (SSSR count). The van der Waals surface area contributed by atoms with Gasteiger partial charge in [-0.25, -0.2) is 0 Å². The van der Waals surface area contributed by atoms with Crippen molar-refractivity contribution in [2.24, 2.45) is 5.73 Å². The van der Waals surface area contributed by atoms with Crippen molar-refractivity contribution in [1.82, 2.24) is 0 Å². The maximum atomic E-state index is 12.4. The zero-order valence-electron chi connectivity index (χ0n) is 12.6. The van der Waals surface area contributed by atoms with E-state index in [0.29, 0.717) is 15.1 Å². The monoisotopic (exact) mass is 396 g/mol. The Labute approximate surface area is 149 Å². The summed E-state index contributed by atoms with van der Waals surface area (Å²) in [7, 11) is 1.82. The maximum absolute atomic E-state index is 12.4. The first-order valence-corrected chi connectivity index (χ1v) is 8.26. The molecule has 0 saturated heterocycles. The predicted octanol–water partition coefficient (Wildman–Crippen LogP) is 3.11. The molecule has 0 fully saturated rings. The number of aliphatic hydroxyl groups excluding tert-OH is 1. The van der Waals surface area contributed by atoms with Crippen molar-refractivity contribution in [2.45, 2.75) is 12.1 Å². The van der Waals surface area contributed by atoms with E-state index in [4.69, 9.17) is 17.3 Å². The van der Waals surface area contributed by atoms with E-state index >= 15 is 0 Å². The Hall–Kier alpha value is -1.40. The number of carbonyl (C=O) groups is 1. The largest absolute Gasteiger partial charge is 0.389 e. The van der Waals surface area contributed by atoms with Crippen molar-refractivity contribution in [1.29, 1.82) is 0 Å². The van der Waals surface area contributed by atoms with Gasteiger partial charge in [0.1, 0.15) is 0 Å². The van der Waals surface area contributed by atoms with E-state index in [1.54, 1.807) is 30.3 Å². The van der Waals surface area contributed by atoms with Crippen molar-refractivity contribution in [3.63, 3.8) is 0 Å². The predicted molar refractivity (Wildman–Crippen MR) is 97.2 cm³/mol. The number of benzene rings is 2. The average Bonchev–Trinajstić information content (AvgIpc) is 2.54. The summed E-state index contributed by atoms with van der Waals surface area (Å²) in [6, 6.07) is 13.3. The van der Waals surface area contributed by atoms with Gasteiger partial charge in [0.15, 0.2) is 5.78 Å². The molecule has 0 bridgehead atoms. The lowest BCUT2D eigenvalue weighted by molar-refractivity contribution is 0.0829. The first kappa shape index (κ1) is 17.9. The molecule has 0 amide bonds. The van der Waals surface area contributed by atoms with Crippen LogP contribution in [0.15, 0.2) is 53.0 Å². The van der Waals surface area contributed by atoms with Crippen molar-refractivity contribution in [3.05, 3.63) is 63.6 Å². The van der Waals surface area contributed by atoms with E-state index < -0.39 is 12.1 Å². The van der Waals surface area contributed by atoms with Crippen LogP contribution in [0, 0.1) is 0 Å². The summed E-state index contributed by atoms with van der Waals surface area (Å²) in [6.45, 7) is 0.235. The fourth-order valence-electron chi connectivity index (χ4n) is 2.21. The summed E-state index contributed by atoms with van der Waals surface area (Å²) in [5, 5.41) is 10.9. The Kier molecular flexibility index (Phi) is 6.18. The van der Waals surface area contributed by atoms with Gasteiger partial charge in [0.2, 0.25) is 0 Å². The van der Waals surface area contributed by atoms with Gasteiger partial charge in [-0.1, -0.05) is 45.7 Å². The summed E-state index contributed by atoms with van der Waals surface area (Å²) in [5.41, 5.74) is 7.29. The van der Waals surface area contributed by atoms with Crippen LogP contribution in [-0.4, -0.2) is 36.6 Å². The van der Waals surface area contributed by atoms with Gasteiger partial charge in [-0.2, -0.15) is 0 Å². The Balaban J connectivity index is 2.04. The van der Waals surface area contributed by atoms with Gasteiger partial charge in [0, 0.05) is 34.3 Å². The number of halogens is 2. The molecule has 0 aromatic heterocycles. The topological polar surface area (TPSA) is 66.6 Å². The average molecular weight is 398 g/mol. The lowest BCUT2D eigenvalue weighted by Gasteiger charge is -2.26. The van der Waals surface area contributed by atoms with Gasteiger partial charge in [-0.3, -0.25) is 4.79 Å². The first-order chi connectivity index (χ1) is 10.9. The van der Waals surface area contributed by atoms with Crippen molar-refractivity contribution < 1.29 is 9.90 Å². The third-order valence-corrected chi connectivity index (χ3v) is 4.53. The van der Waals surface area contributed by atoms with Crippen LogP contribution in [0.1, 0.15) is 10.4 Å². The number of Topliss-reactive ketones (excluding diaryl/α,β-unsaturated/α-hetero) is 1. The lowest BCUT2D eigenvalue weighted by Crippen LogP contribution is -2.47. The summed E-state index contributed by atoms with van der Waals surface area (Å²) >= 11 is 9.19. The van der Waals surface area contributed by atoms with E-state index in [1.165, 1.54) is 0 Å². The van der Waals surface area contributed by atoms with Crippen molar-refractivity contribution in [2.75, 3.05) is 18.5 Å². The molecule has 0 radical (unpaired) electrons. The van der Waals surface area contributed by atoms with Gasteiger partial charge in [0.25, 0.3) is 0 Å². The van der Waals surface area contributed by atoms with Crippen LogP contribution in [0.2, 0.25) is 5.02 Å². The number of likely N-dealkylation sites (N-methyl/N-ethyl adjacent to an activating group) is 1. The normalized spacial score (nSPS) is 13.4. The fraction of sp³-hybridized carbons (Fsp3) is 0.235. The highest BCUT2D eigenvalue weighted by molar-refractivity contribution is 9.10. The standard InChI is InChI=1S/C17H18BrClN2O2/c1-21(12-8-6-11(19)7-9-12)10-15(22)16(20)17(23)13-4-2-3-5-14(13)18/h2-9,15-16,22H,10,20H2,1H3. The van der Waals surface area contributed by atoms with Crippen LogP contribution in [0.3, 0.4) is 0 Å². The number of hydrogen-bond donors (Lipinski definition) is 2. The molecule has 0 saturated carbocycles. The minimum atomic E-state index is -0.997. The number of carbonyl (C=O) groups excluding carboxylic acids is 1. The minimum Gasteiger partial charge on any atom is -0.389 e. The van der Waals surface area contributed by atoms with E-state index in [0.717, 1.165) is 5.69 Å². The quantitative estimate of drug-likeness (QED) is 0.735. The number of rotatable bonds is 6. The Bertz CT molecular complexity index is 679. The smallest absolute Gasteiger partial charge is 0.183 e. The summed E-state index contributed by atoms with van der Waals surface area (Å²) in [4.78, 5) is 14.2. The molecule has 6 heteroatoms. The number of nitrogens with two attached hydrogens (primary N) is 1. The third kappa shape index (κ3) is 4.54. The maximum Gasteiger partial charge on any atom is 0.183 e. The van der Waals surface area contributed by atoms with Crippen LogP contribution in [-0.2, 0) is 0 Å². The second-order valence-electron chi connectivity index (χ2n) is 5.29. The molecule has 0 aliphatic rings. The SMILES string of the molecule is CN(CC(O)C(N)C(=O)c1ccccc1Br)c1ccc(Cl)cc1.